The number of phenolic OH excluding ortho intramolecular Hbond substituents is 1. The van der Waals surface area contributed by atoms with Crippen LogP contribution in [0.5, 0.6) is 5.75 Å². The fourth-order valence-corrected chi connectivity index (χ4v) is 1.85. The van der Waals surface area contributed by atoms with Gasteiger partial charge in [0.15, 0.2) is 0 Å². The molecule has 1 rings (SSSR count). The summed E-state index contributed by atoms with van der Waals surface area (Å²) < 4.78 is 0. The van der Waals surface area contributed by atoms with Gasteiger partial charge in [0.25, 0.3) is 0 Å². The summed E-state index contributed by atoms with van der Waals surface area (Å²) in [6.45, 7) is 8.07. The fourth-order valence-electron chi connectivity index (χ4n) is 1.85. The lowest BCUT2D eigenvalue weighted by atomic mass is 10.1. The van der Waals surface area contributed by atoms with Crippen LogP contribution >= 0.6 is 0 Å². The van der Waals surface area contributed by atoms with Gasteiger partial charge in [-0.05, 0) is 44.4 Å². The number of benzene rings is 1. The van der Waals surface area contributed by atoms with E-state index in [9.17, 15) is 5.11 Å². The predicted molar refractivity (Wildman–Crippen MR) is 68.7 cm³/mol. The molecule has 2 N–H and O–H groups in total. The zero-order valence-corrected chi connectivity index (χ0v) is 10.1. The Morgan fingerprint density at radius 1 is 1.25 bits per heavy atom. The lowest BCUT2D eigenvalue weighted by molar-refractivity contribution is 0.464. The molecule has 0 aliphatic heterocycles. The molecule has 2 unspecified atom stereocenters. The van der Waals surface area contributed by atoms with E-state index < -0.39 is 0 Å². The first kappa shape index (κ1) is 12.8. The molecule has 2 nitrogen and oxygen atoms in total. The van der Waals surface area contributed by atoms with Gasteiger partial charge >= 0.3 is 0 Å². The van der Waals surface area contributed by atoms with E-state index in [0.29, 0.717) is 17.8 Å². The van der Waals surface area contributed by atoms with Gasteiger partial charge in [0.1, 0.15) is 5.75 Å². The predicted octanol–water partition coefficient (Wildman–Crippen LogP) is 2.88. The zero-order chi connectivity index (χ0) is 12.0. The van der Waals surface area contributed by atoms with Crippen LogP contribution in [0.4, 0.5) is 0 Å². The van der Waals surface area contributed by atoms with Crippen molar-refractivity contribution >= 4 is 0 Å². The van der Waals surface area contributed by atoms with Gasteiger partial charge in [-0.1, -0.05) is 18.2 Å². The summed E-state index contributed by atoms with van der Waals surface area (Å²) in [4.78, 5) is 0. The lowest BCUT2D eigenvalue weighted by Crippen LogP contribution is -2.35. The van der Waals surface area contributed by atoms with Crippen molar-refractivity contribution in [2.24, 2.45) is 0 Å². The summed E-state index contributed by atoms with van der Waals surface area (Å²) in [5, 5.41) is 12.7. The molecule has 0 saturated heterocycles. The molecule has 2 heteroatoms. The number of rotatable bonds is 6. The minimum absolute atomic E-state index is 0.324. The monoisotopic (exact) mass is 219 g/mol. The van der Waals surface area contributed by atoms with E-state index in [1.807, 2.05) is 18.2 Å². The minimum atomic E-state index is 0.324. The third kappa shape index (κ3) is 4.49. The molecule has 0 spiro atoms. The van der Waals surface area contributed by atoms with Gasteiger partial charge in [-0.3, -0.25) is 0 Å². The molecule has 1 aromatic carbocycles. The Morgan fingerprint density at radius 2 is 1.88 bits per heavy atom. The van der Waals surface area contributed by atoms with Crippen molar-refractivity contribution in [2.75, 3.05) is 0 Å². The van der Waals surface area contributed by atoms with E-state index in [1.54, 1.807) is 12.1 Å². The van der Waals surface area contributed by atoms with Crippen molar-refractivity contribution in [1.82, 2.24) is 5.32 Å². The molecule has 0 radical (unpaired) electrons. The molecule has 0 aromatic heterocycles. The Morgan fingerprint density at radius 3 is 2.44 bits per heavy atom. The summed E-state index contributed by atoms with van der Waals surface area (Å²) in [7, 11) is 0. The Hall–Kier alpha value is -1.28. The third-order valence-electron chi connectivity index (χ3n) is 2.57. The zero-order valence-electron chi connectivity index (χ0n) is 10.1. The summed E-state index contributed by atoms with van der Waals surface area (Å²) in [5.41, 5.74) is 1.24. The number of aromatic hydroxyl groups is 1. The number of phenols is 1. The van der Waals surface area contributed by atoms with Gasteiger partial charge in [0.2, 0.25) is 0 Å². The van der Waals surface area contributed by atoms with Gasteiger partial charge < -0.3 is 10.4 Å². The Labute approximate surface area is 98.0 Å². The van der Waals surface area contributed by atoms with Crippen LogP contribution in [0.25, 0.3) is 0 Å². The Kier molecular flexibility index (Phi) is 5.06. The van der Waals surface area contributed by atoms with E-state index in [-0.39, 0.29) is 0 Å². The summed E-state index contributed by atoms with van der Waals surface area (Å²) >= 11 is 0. The van der Waals surface area contributed by atoms with Gasteiger partial charge in [0.05, 0.1) is 0 Å². The van der Waals surface area contributed by atoms with Crippen molar-refractivity contribution in [2.45, 2.75) is 38.8 Å². The second-order valence-corrected chi connectivity index (χ2v) is 4.36. The molecule has 88 valence electrons. The number of nitrogens with one attached hydrogen (secondary N) is 1. The van der Waals surface area contributed by atoms with Crippen LogP contribution in [0.2, 0.25) is 0 Å². The quantitative estimate of drug-likeness (QED) is 0.721. The van der Waals surface area contributed by atoms with Crippen molar-refractivity contribution in [3.8, 4) is 5.75 Å². The Bertz CT molecular complexity index is 318. The van der Waals surface area contributed by atoms with Gasteiger partial charge in [-0.2, -0.15) is 0 Å². The van der Waals surface area contributed by atoms with Crippen LogP contribution in [0.3, 0.4) is 0 Å². The molecule has 2 atom stereocenters. The maximum absolute atomic E-state index is 9.18. The normalized spacial score (nSPS) is 14.4. The van der Waals surface area contributed by atoms with E-state index in [4.69, 9.17) is 0 Å². The third-order valence-corrected chi connectivity index (χ3v) is 2.57. The molecular weight excluding hydrogens is 198 g/mol. The van der Waals surface area contributed by atoms with Crippen LogP contribution in [-0.4, -0.2) is 17.2 Å². The SMILES string of the molecule is C=CCC(C)NC(C)Cc1ccc(O)cc1. The van der Waals surface area contributed by atoms with Crippen LogP contribution in [-0.2, 0) is 6.42 Å². The standard InChI is InChI=1S/C14H21NO/c1-4-5-11(2)15-12(3)10-13-6-8-14(16)9-7-13/h4,6-9,11-12,15-16H,1,5,10H2,2-3H3. The van der Waals surface area contributed by atoms with E-state index in [2.05, 4.69) is 25.7 Å². The van der Waals surface area contributed by atoms with Crippen molar-refractivity contribution in [1.29, 1.82) is 0 Å². The molecule has 1 aromatic rings. The molecule has 0 aliphatic carbocycles. The smallest absolute Gasteiger partial charge is 0.115 e. The van der Waals surface area contributed by atoms with Crippen LogP contribution in [0.1, 0.15) is 25.8 Å². The topological polar surface area (TPSA) is 32.3 Å². The molecule has 0 amide bonds. The van der Waals surface area contributed by atoms with E-state index in [1.165, 1.54) is 5.56 Å². The minimum Gasteiger partial charge on any atom is -0.508 e. The second-order valence-electron chi connectivity index (χ2n) is 4.36. The highest BCUT2D eigenvalue weighted by Crippen LogP contribution is 2.11. The molecule has 0 saturated carbocycles. The maximum Gasteiger partial charge on any atom is 0.115 e. The first-order valence-electron chi connectivity index (χ1n) is 5.76. The highest BCUT2D eigenvalue weighted by Gasteiger charge is 2.06. The largest absolute Gasteiger partial charge is 0.508 e. The van der Waals surface area contributed by atoms with Crippen LogP contribution in [0.15, 0.2) is 36.9 Å². The highest BCUT2D eigenvalue weighted by atomic mass is 16.3. The number of hydrogen-bond donors (Lipinski definition) is 2. The fraction of sp³-hybridized carbons (Fsp3) is 0.429. The molecule has 16 heavy (non-hydrogen) atoms. The molecular formula is C14H21NO. The van der Waals surface area contributed by atoms with Crippen molar-refractivity contribution in [3.05, 3.63) is 42.5 Å². The van der Waals surface area contributed by atoms with Gasteiger partial charge in [-0.15, -0.1) is 6.58 Å². The van der Waals surface area contributed by atoms with E-state index >= 15 is 0 Å². The first-order valence-corrected chi connectivity index (χ1v) is 5.76. The summed E-state index contributed by atoms with van der Waals surface area (Å²) in [5.74, 6) is 0.324. The van der Waals surface area contributed by atoms with E-state index in [0.717, 1.165) is 12.8 Å². The van der Waals surface area contributed by atoms with Crippen molar-refractivity contribution in [3.63, 3.8) is 0 Å². The first-order chi connectivity index (χ1) is 7.61. The maximum atomic E-state index is 9.18. The molecule has 0 aliphatic rings. The summed E-state index contributed by atoms with van der Waals surface area (Å²) in [6, 6.07) is 8.28. The van der Waals surface area contributed by atoms with Crippen LogP contribution in [0, 0.1) is 0 Å². The van der Waals surface area contributed by atoms with Gasteiger partial charge in [0, 0.05) is 12.1 Å². The number of hydrogen-bond acceptors (Lipinski definition) is 2. The average molecular weight is 219 g/mol. The average Bonchev–Trinajstić information content (AvgIpc) is 2.21. The molecule has 0 heterocycles. The van der Waals surface area contributed by atoms with Crippen molar-refractivity contribution < 1.29 is 5.11 Å². The second kappa shape index (κ2) is 6.33. The molecule has 0 bridgehead atoms. The molecule has 0 fully saturated rings. The lowest BCUT2D eigenvalue weighted by Gasteiger charge is -2.19. The highest BCUT2D eigenvalue weighted by molar-refractivity contribution is 5.26. The summed E-state index contributed by atoms with van der Waals surface area (Å²) in [6.07, 6.45) is 3.90. The van der Waals surface area contributed by atoms with Crippen LogP contribution < -0.4 is 5.32 Å². The Balaban J connectivity index is 2.41. The van der Waals surface area contributed by atoms with Gasteiger partial charge in [-0.25, -0.2) is 0 Å².